The third-order valence-corrected chi connectivity index (χ3v) is 3.02. The Kier molecular flexibility index (Phi) is 4.52. The number of hydrogen-bond donors (Lipinski definition) is 2. The van der Waals surface area contributed by atoms with Gasteiger partial charge in [0.15, 0.2) is 0 Å². The average molecular weight is 295 g/mol. The first-order chi connectivity index (χ1) is 9.31. The molecule has 0 saturated carbocycles. The Morgan fingerprint density at radius 1 is 1.45 bits per heavy atom. The van der Waals surface area contributed by atoms with Gasteiger partial charge in [-0.2, -0.15) is 0 Å². The van der Waals surface area contributed by atoms with Gasteiger partial charge in [-0.15, -0.1) is 17.5 Å². The molecular weight excluding hydrogens is 280 g/mol. The number of nitrogens with zero attached hydrogens (tertiary/aromatic N) is 4. The van der Waals surface area contributed by atoms with E-state index in [9.17, 15) is 4.79 Å². The van der Waals surface area contributed by atoms with E-state index in [2.05, 4.69) is 26.2 Å². The van der Waals surface area contributed by atoms with Crippen molar-refractivity contribution in [1.29, 1.82) is 0 Å². The molecule has 8 heteroatoms. The lowest BCUT2D eigenvalue weighted by molar-refractivity contribution is -0.116. The van der Waals surface area contributed by atoms with Crippen LogP contribution in [0.2, 0.25) is 0 Å². The van der Waals surface area contributed by atoms with Gasteiger partial charge in [-0.25, -0.2) is 4.68 Å². The summed E-state index contributed by atoms with van der Waals surface area (Å²) >= 11 is 0. The molecule has 7 nitrogen and oxygen atoms in total. The number of benzene rings is 1. The number of fused-ring (bicyclic) bond motifs is 1. The van der Waals surface area contributed by atoms with Crippen LogP contribution in [0, 0.1) is 0 Å². The molecular formula is C12H15ClN6O. The third kappa shape index (κ3) is 3.24. The van der Waals surface area contributed by atoms with Crippen molar-refractivity contribution in [3.63, 3.8) is 0 Å². The van der Waals surface area contributed by atoms with E-state index in [4.69, 9.17) is 0 Å². The van der Waals surface area contributed by atoms with Crippen LogP contribution in [-0.4, -0.2) is 32.7 Å². The van der Waals surface area contributed by atoms with Gasteiger partial charge in [0.05, 0.1) is 0 Å². The lowest BCUT2D eigenvalue weighted by Crippen LogP contribution is -2.19. The van der Waals surface area contributed by atoms with Crippen molar-refractivity contribution in [3.05, 3.63) is 30.1 Å². The molecule has 1 aromatic heterocycles. The predicted octanol–water partition coefficient (Wildman–Crippen LogP) is 1.09. The number of rotatable bonds is 3. The van der Waals surface area contributed by atoms with Crippen LogP contribution in [0.5, 0.6) is 0 Å². The zero-order valence-corrected chi connectivity index (χ0v) is 11.6. The molecule has 0 saturated heterocycles. The van der Waals surface area contributed by atoms with Crippen LogP contribution in [0.4, 0.5) is 11.4 Å². The molecule has 1 aliphatic rings. The highest BCUT2D eigenvalue weighted by Crippen LogP contribution is 2.25. The zero-order chi connectivity index (χ0) is 13.1. The lowest BCUT2D eigenvalue weighted by atomic mass is 10.0. The molecule has 0 aliphatic carbocycles. The van der Waals surface area contributed by atoms with Gasteiger partial charge < -0.3 is 10.6 Å². The van der Waals surface area contributed by atoms with Crippen molar-refractivity contribution < 1.29 is 4.79 Å². The quantitative estimate of drug-likeness (QED) is 0.885. The Morgan fingerprint density at radius 3 is 3.15 bits per heavy atom. The molecule has 0 atom stereocenters. The summed E-state index contributed by atoms with van der Waals surface area (Å²) in [6.45, 7) is 1.13. The van der Waals surface area contributed by atoms with Crippen LogP contribution in [0.15, 0.2) is 24.5 Å². The van der Waals surface area contributed by atoms with Crippen molar-refractivity contribution in [2.24, 2.45) is 0 Å². The van der Waals surface area contributed by atoms with Gasteiger partial charge in [0.25, 0.3) is 0 Å². The highest BCUT2D eigenvalue weighted by molar-refractivity contribution is 5.90. The molecule has 3 rings (SSSR count). The van der Waals surface area contributed by atoms with E-state index in [1.54, 1.807) is 0 Å². The van der Waals surface area contributed by atoms with Gasteiger partial charge in [-0.05, 0) is 47.0 Å². The van der Waals surface area contributed by atoms with Gasteiger partial charge >= 0.3 is 0 Å². The number of aryl methyl sites for hydroxylation is 1. The summed E-state index contributed by atoms with van der Waals surface area (Å²) in [6.07, 6.45) is 3.57. The number of anilines is 2. The first kappa shape index (κ1) is 14.3. The average Bonchev–Trinajstić information content (AvgIpc) is 2.91. The molecule has 2 N–H and O–H groups in total. The number of tetrazole rings is 1. The summed E-state index contributed by atoms with van der Waals surface area (Å²) in [5, 5.41) is 16.8. The lowest BCUT2D eigenvalue weighted by Gasteiger charge is -2.18. The van der Waals surface area contributed by atoms with Gasteiger partial charge in [0.2, 0.25) is 5.91 Å². The first-order valence-electron chi connectivity index (χ1n) is 6.19. The minimum atomic E-state index is -0.143. The smallest absolute Gasteiger partial charge is 0.246 e. The van der Waals surface area contributed by atoms with E-state index in [-0.39, 0.29) is 24.9 Å². The maximum absolute atomic E-state index is 11.8. The molecule has 1 amide bonds. The van der Waals surface area contributed by atoms with Crippen LogP contribution in [-0.2, 0) is 17.8 Å². The highest BCUT2D eigenvalue weighted by Gasteiger charge is 2.10. The van der Waals surface area contributed by atoms with Gasteiger partial charge in [-0.3, -0.25) is 4.79 Å². The maximum Gasteiger partial charge on any atom is 0.246 e. The van der Waals surface area contributed by atoms with Gasteiger partial charge in [-0.1, -0.05) is 0 Å². The number of nitrogens with one attached hydrogen (secondary N) is 2. The molecule has 20 heavy (non-hydrogen) atoms. The monoisotopic (exact) mass is 294 g/mol. The number of carbonyl (C=O) groups excluding carboxylic acids is 1. The Morgan fingerprint density at radius 2 is 2.35 bits per heavy atom. The second kappa shape index (κ2) is 6.33. The largest absolute Gasteiger partial charge is 0.385 e. The standard InChI is InChI=1S/C12H14N6O.ClH/c19-12(7-18-8-14-16-17-18)15-10-3-4-11-9(6-10)2-1-5-13-11;/h3-4,6,8,13H,1-2,5,7H2,(H,15,19);1H. The molecule has 0 unspecified atom stereocenters. The van der Waals surface area contributed by atoms with E-state index >= 15 is 0 Å². The molecule has 2 heterocycles. The normalized spacial score (nSPS) is 12.8. The van der Waals surface area contributed by atoms with Crippen LogP contribution in [0.3, 0.4) is 0 Å². The van der Waals surface area contributed by atoms with Crippen LogP contribution in [0.1, 0.15) is 12.0 Å². The zero-order valence-electron chi connectivity index (χ0n) is 10.7. The van der Waals surface area contributed by atoms with E-state index < -0.39 is 0 Å². The molecule has 0 bridgehead atoms. The van der Waals surface area contributed by atoms with Crippen molar-refractivity contribution >= 4 is 29.7 Å². The fourth-order valence-electron chi connectivity index (χ4n) is 2.15. The molecule has 2 aromatic rings. The number of hydrogen-bond acceptors (Lipinski definition) is 5. The fraction of sp³-hybridized carbons (Fsp3) is 0.333. The molecule has 0 spiro atoms. The van der Waals surface area contributed by atoms with E-state index in [1.807, 2.05) is 18.2 Å². The maximum atomic E-state index is 11.8. The number of aromatic nitrogens is 4. The van der Waals surface area contributed by atoms with E-state index in [1.165, 1.54) is 16.6 Å². The van der Waals surface area contributed by atoms with Crippen molar-refractivity contribution in [2.75, 3.05) is 17.2 Å². The minimum absolute atomic E-state index is 0. The highest BCUT2D eigenvalue weighted by atomic mass is 35.5. The Hall–Kier alpha value is -2.15. The molecule has 0 radical (unpaired) electrons. The summed E-state index contributed by atoms with van der Waals surface area (Å²) in [6, 6.07) is 5.91. The van der Waals surface area contributed by atoms with Crippen molar-refractivity contribution in [3.8, 4) is 0 Å². The molecule has 0 fully saturated rings. The summed E-state index contributed by atoms with van der Waals surface area (Å²) in [4.78, 5) is 11.8. The van der Waals surface area contributed by atoms with Gasteiger partial charge in [0, 0.05) is 17.9 Å². The number of halogens is 1. The van der Waals surface area contributed by atoms with Crippen LogP contribution >= 0.6 is 12.4 Å². The van der Waals surface area contributed by atoms with Crippen LogP contribution in [0.25, 0.3) is 0 Å². The molecule has 106 valence electrons. The second-order valence-electron chi connectivity index (χ2n) is 4.46. The van der Waals surface area contributed by atoms with Crippen LogP contribution < -0.4 is 10.6 Å². The van der Waals surface area contributed by atoms with E-state index in [0.29, 0.717) is 0 Å². The summed E-state index contributed by atoms with van der Waals surface area (Å²) in [7, 11) is 0. The fourth-order valence-corrected chi connectivity index (χ4v) is 2.15. The summed E-state index contributed by atoms with van der Waals surface area (Å²) < 4.78 is 1.38. The molecule has 1 aliphatic heterocycles. The summed E-state index contributed by atoms with van der Waals surface area (Å²) in [5.41, 5.74) is 3.21. The Bertz CT molecular complexity index is 586. The van der Waals surface area contributed by atoms with Crippen molar-refractivity contribution in [1.82, 2.24) is 20.2 Å². The van der Waals surface area contributed by atoms with E-state index in [0.717, 1.165) is 30.8 Å². The Labute approximate surface area is 122 Å². The predicted molar refractivity (Wildman–Crippen MR) is 76.9 cm³/mol. The second-order valence-corrected chi connectivity index (χ2v) is 4.46. The van der Waals surface area contributed by atoms with Gasteiger partial charge in [0.1, 0.15) is 12.9 Å². The number of carbonyl (C=O) groups is 1. The Balaban J connectivity index is 0.00000147. The van der Waals surface area contributed by atoms with Crippen molar-refractivity contribution in [2.45, 2.75) is 19.4 Å². The molecule has 1 aromatic carbocycles. The topological polar surface area (TPSA) is 84.7 Å². The minimum Gasteiger partial charge on any atom is -0.385 e. The first-order valence-corrected chi connectivity index (χ1v) is 6.19. The summed E-state index contributed by atoms with van der Waals surface area (Å²) in [5.74, 6) is -0.143. The number of amides is 1. The third-order valence-electron chi connectivity index (χ3n) is 3.02. The SMILES string of the molecule is Cl.O=C(Cn1cnnn1)Nc1ccc2c(c1)CCCN2.